The second kappa shape index (κ2) is 8.65. The maximum absolute atomic E-state index is 13.8. The van der Waals surface area contributed by atoms with Gasteiger partial charge in [0.1, 0.15) is 11.5 Å². The van der Waals surface area contributed by atoms with E-state index in [-0.39, 0.29) is 42.3 Å². The van der Waals surface area contributed by atoms with E-state index in [9.17, 15) is 31.1 Å². The lowest BCUT2D eigenvalue weighted by Crippen LogP contribution is -2.41. The van der Waals surface area contributed by atoms with Gasteiger partial charge in [0, 0.05) is 18.7 Å². The van der Waals surface area contributed by atoms with E-state index in [1.807, 2.05) is 0 Å². The summed E-state index contributed by atoms with van der Waals surface area (Å²) in [5.41, 5.74) is -0.317. The molecule has 0 bridgehead atoms. The SMILES string of the molecule is O=C(c1cnc(-c2cc(F)c(F)c(F)c2)n1Cc1cc(F)c(F)c(F)c1)N1CCOCC1. The number of ether oxygens (including phenoxy) is 1. The minimum absolute atomic E-state index is 0.0443. The number of amides is 1. The van der Waals surface area contributed by atoms with Crippen LogP contribution in [-0.2, 0) is 11.3 Å². The first-order chi connectivity index (χ1) is 15.3. The fourth-order valence-electron chi connectivity index (χ4n) is 3.43. The summed E-state index contributed by atoms with van der Waals surface area (Å²) >= 11 is 0. The quantitative estimate of drug-likeness (QED) is 0.443. The van der Waals surface area contributed by atoms with Crippen LogP contribution in [0.25, 0.3) is 11.4 Å². The van der Waals surface area contributed by atoms with Gasteiger partial charge < -0.3 is 14.2 Å². The molecule has 0 N–H and O–H groups in total. The summed E-state index contributed by atoms with van der Waals surface area (Å²) < 4.78 is 88.2. The van der Waals surface area contributed by atoms with Gasteiger partial charge in [-0.05, 0) is 29.8 Å². The largest absolute Gasteiger partial charge is 0.378 e. The van der Waals surface area contributed by atoms with Crippen molar-refractivity contribution in [3.8, 4) is 11.4 Å². The number of rotatable bonds is 4. The van der Waals surface area contributed by atoms with Crippen molar-refractivity contribution >= 4 is 5.91 Å². The minimum atomic E-state index is -1.68. The molecule has 0 aliphatic carbocycles. The number of carbonyl (C=O) groups excluding carboxylic acids is 1. The molecular formula is C21H15F6N3O2. The summed E-state index contributed by atoms with van der Waals surface area (Å²) in [5, 5.41) is 0. The van der Waals surface area contributed by atoms with E-state index in [2.05, 4.69) is 4.98 Å². The highest BCUT2D eigenvalue weighted by Gasteiger charge is 2.26. The Morgan fingerprint density at radius 3 is 1.97 bits per heavy atom. The van der Waals surface area contributed by atoms with Crippen molar-refractivity contribution in [3.05, 3.63) is 76.6 Å². The van der Waals surface area contributed by atoms with Gasteiger partial charge in [-0.1, -0.05) is 0 Å². The summed E-state index contributed by atoms with van der Waals surface area (Å²) in [5.74, 6) is -9.83. The van der Waals surface area contributed by atoms with Gasteiger partial charge >= 0.3 is 0 Å². The van der Waals surface area contributed by atoms with Crippen molar-refractivity contribution in [1.82, 2.24) is 14.5 Å². The Morgan fingerprint density at radius 2 is 1.41 bits per heavy atom. The van der Waals surface area contributed by atoms with Crippen molar-refractivity contribution in [2.24, 2.45) is 0 Å². The molecule has 0 spiro atoms. The van der Waals surface area contributed by atoms with Gasteiger partial charge in [-0.3, -0.25) is 4.79 Å². The third-order valence-corrected chi connectivity index (χ3v) is 5.00. The third-order valence-electron chi connectivity index (χ3n) is 5.00. The van der Waals surface area contributed by atoms with E-state index < -0.39 is 40.8 Å². The van der Waals surface area contributed by atoms with Gasteiger partial charge in [-0.15, -0.1) is 0 Å². The molecule has 0 unspecified atom stereocenters. The number of hydrogen-bond donors (Lipinski definition) is 0. The molecule has 1 fully saturated rings. The zero-order valence-corrected chi connectivity index (χ0v) is 16.3. The van der Waals surface area contributed by atoms with Crippen molar-refractivity contribution in [3.63, 3.8) is 0 Å². The average Bonchev–Trinajstić information content (AvgIpc) is 3.18. The van der Waals surface area contributed by atoms with E-state index in [4.69, 9.17) is 4.74 Å². The summed E-state index contributed by atoms with van der Waals surface area (Å²) in [6.07, 6.45) is 1.14. The molecule has 0 radical (unpaired) electrons. The standard InChI is InChI=1S/C21H15F6N3O2/c22-13-5-11(6-14(23)18(13)26)10-30-17(21(31)29-1-3-32-4-2-29)9-28-20(30)12-7-15(24)19(27)16(25)8-12/h5-9H,1-4,10H2. The second-order valence-electron chi connectivity index (χ2n) is 7.09. The molecule has 11 heteroatoms. The molecule has 5 nitrogen and oxygen atoms in total. The molecule has 1 saturated heterocycles. The predicted octanol–water partition coefficient (Wildman–Crippen LogP) is 3.91. The van der Waals surface area contributed by atoms with Gasteiger partial charge in [0.05, 0.1) is 26.0 Å². The van der Waals surface area contributed by atoms with Crippen LogP contribution >= 0.6 is 0 Å². The first kappa shape index (κ1) is 21.9. The molecule has 0 atom stereocenters. The topological polar surface area (TPSA) is 47.4 Å². The minimum Gasteiger partial charge on any atom is -0.378 e. The van der Waals surface area contributed by atoms with E-state index in [0.717, 1.165) is 18.3 Å². The average molecular weight is 455 g/mol. The van der Waals surface area contributed by atoms with Crippen LogP contribution in [0, 0.1) is 34.9 Å². The first-order valence-electron chi connectivity index (χ1n) is 9.47. The molecule has 168 valence electrons. The van der Waals surface area contributed by atoms with Crippen LogP contribution < -0.4 is 0 Å². The molecule has 4 rings (SSSR count). The van der Waals surface area contributed by atoms with Crippen LogP contribution in [0.15, 0.2) is 30.5 Å². The van der Waals surface area contributed by atoms with Gasteiger partial charge in [0.15, 0.2) is 34.9 Å². The Morgan fingerprint density at radius 1 is 0.875 bits per heavy atom. The smallest absolute Gasteiger partial charge is 0.272 e. The Kier molecular flexibility index (Phi) is 5.92. The van der Waals surface area contributed by atoms with Crippen molar-refractivity contribution < 1.29 is 35.9 Å². The van der Waals surface area contributed by atoms with Crippen molar-refractivity contribution in [1.29, 1.82) is 0 Å². The number of carbonyl (C=O) groups is 1. The van der Waals surface area contributed by atoms with Gasteiger partial charge in [-0.2, -0.15) is 0 Å². The van der Waals surface area contributed by atoms with Gasteiger partial charge in [0.25, 0.3) is 5.91 Å². The highest BCUT2D eigenvalue weighted by Crippen LogP contribution is 2.26. The van der Waals surface area contributed by atoms with Crippen LogP contribution in [0.3, 0.4) is 0 Å². The highest BCUT2D eigenvalue weighted by molar-refractivity contribution is 5.93. The Bertz CT molecular complexity index is 1140. The lowest BCUT2D eigenvalue weighted by atomic mass is 10.1. The number of benzene rings is 2. The maximum Gasteiger partial charge on any atom is 0.272 e. The second-order valence-corrected chi connectivity index (χ2v) is 7.09. The van der Waals surface area contributed by atoms with Gasteiger partial charge in [0.2, 0.25) is 0 Å². The lowest BCUT2D eigenvalue weighted by Gasteiger charge is -2.27. The number of hydrogen-bond acceptors (Lipinski definition) is 3. The monoisotopic (exact) mass is 455 g/mol. The summed E-state index contributed by atoms with van der Waals surface area (Å²) in [4.78, 5) is 18.5. The first-order valence-corrected chi connectivity index (χ1v) is 9.47. The van der Waals surface area contributed by atoms with Crippen LogP contribution in [0.2, 0.25) is 0 Å². The molecule has 2 heterocycles. The number of aromatic nitrogens is 2. The number of morpholine rings is 1. The molecule has 32 heavy (non-hydrogen) atoms. The fourth-order valence-corrected chi connectivity index (χ4v) is 3.43. The van der Waals surface area contributed by atoms with E-state index in [0.29, 0.717) is 25.3 Å². The fraction of sp³-hybridized carbons (Fsp3) is 0.238. The molecular weight excluding hydrogens is 440 g/mol. The molecule has 1 aliphatic rings. The number of nitrogens with zero attached hydrogens (tertiary/aromatic N) is 3. The Balaban J connectivity index is 1.82. The number of halogens is 6. The number of imidazole rings is 1. The summed E-state index contributed by atoms with van der Waals surface area (Å²) in [6.45, 7) is 0.776. The summed E-state index contributed by atoms with van der Waals surface area (Å²) in [7, 11) is 0. The maximum atomic E-state index is 13.8. The molecule has 0 saturated carbocycles. The van der Waals surface area contributed by atoms with Crippen molar-refractivity contribution in [2.45, 2.75) is 6.54 Å². The molecule has 3 aromatic rings. The van der Waals surface area contributed by atoms with E-state index >= 15 is 0 Å². The molecule has 1 amide bonds. The molecule has 1 aromatic heterocycles. The summed E-state index contributed by atoms with van der Waals surface area (Å²) in [6, 6.07) is 2.84. The predicted molar refractivity (Wildman–Crippen MR) is 99.7 cm³/mol. The van der Waals surface area contributed by atoms with Crippen LogP contribution in [0.1, 0.15) is 16.1 Å². The third kappa shape index (κ3) is 4.07. The van der Waals surface area contributed by atoms with Crippen LogP contribution in [-0.4, -0.2) is 46.7 Å². The van der Waals surface area contributed by atoms with Crippen molar-refractivity contribution in [2.75, 3.05) is 26.3 Å². The Labute approximate surface area is 177 Å². The zero-order chi connectivity index (χ0) is 23.0. The Hall–Kier alpha value is -3.34. The van der Waals surface area contributed by atoms with Crippen LogP contribution in [0.4, 0.5) is 26.3 Å². The van der Waals surface area contributed by atoms with Crippen LogP contribution in [0.5, 0.6) is 0 Å². The highest BCUT2D eigenvalue weighted by atomic mass is 19.2. The zero-order valence-electron chi connectivity index (χ0n) is 16.3. The molecule has 1 aliphatic heterocycles. The van der Waals surface area contributed by atoms with Gasteiger partial charge in [-0.25, -0.2) is 31.3 Å². The van der Waals surface area contributed by atoms with E-state index in [1.54, 1.807) is 0 Å². The lowest BCUT2D eigenvalue weighted by molar-refractivity contribution is 0.0296. The molecule has 2 aromatic carbocycles. The normalized spacial score (nSPS) is 14.1. The van der Waals surface area contributed by atoms with E-state index in [1.165, 1.54) is 9.47 Å².